The third-order valence-electron chi connectivity index (χ3n) is 2.78. The number of carbonyl (C=O) groups is 2. The molecule has 0 aromatic carbocycles. The molecule has 0 fully saturated rings. The van der Waals surface area contributed by atoms with Crippen molar-refractivity contribution in [2.45, 2.75) is 40.0 Å². The second-order valence-electron chi connectivity index (χ2n) is 5.47. The number of hydrogen-bond acceptors (Lipinski definition) is 3. The van der Waals surface area contributed by atoms with Crippen LogP contribution in [0.3, 0.4) is 0 Å². The Balaban J connectivity index is 3.98. The van der Waals surface area contributed by atoms with Crippen LogP contribution >= 0.6 is 0 Å². The summed E-state index contributed by atoms with van der Waals surface area (Å²) in [6.07, 6.45) is 1.42. The molecule has 0 unspecified atom stereocenters. The fourth-order valence-electron chi connectivity index (χ4n) is 1.56. The molecule has 0 saturated carbocycles. The van der Waals surface area contributed by atoms with Crippen LogP contribution in [0, 0.1) is 5.41 Å². The summed E-state index contributed by atoms with van der Waals surface area (Å²) in [6, 6.07) is 0. The first-order valence-corrected chi connectivity index (χ1v) is 6.53. The Bertz CT molecular complexity index is 277. The highest BCUT2D eigenvalue weighted by Crippen LogP contribution is 2.14. The highest BCUT2D eigenvalue weighted by Gasteiger charge is 2.21. The van der Waals surface area contributed by atoms with E-state index in [1.54, 1.807) is 11.9 Å². The standard InChI is InChI=1S/C13H27N3O2/c1-5-8-15-11(17)6-7-12(18)16(4)10-13(2,3)9-14/h5-10,14H2,1-4H3,(H,15,17). The summed E-state index contributed by atoms with van der Waals surface area (Å²) >= 11 is 0. The van der Waals surface area contributed by atoms with Gasteiger partial charge in [0, 0.05) is 33.0 Å². The van der Waals surface area contributed by atoms with Crippen molar-refractivity contribution in [2.24, 2.45) is 11.1 Å². The van der Waals surface area contributed by atoms with Gasteiger partial charge in [-0.25, -0.2) is 0 Å². The van der Waals surface area contributed by atoms with Gasteiger partial charge in [-0.2, -0.15) is 0 Å². The van der Waals surface area contributed by atoms with Crippen molar-refractivity contribution in [3.8, 4) is 0 Å². The SMILES string of the molecule is CCCNC(=O)CCC(=O)N(C)CC(C)(C)CN. The monoisotopic (exact) mass is 257 g/mol. The summed E-state index contributed by atoms with van der Waals surface area (Å²) in [5.41, 5.74) is 5.54. The number of rotatable bonds is 8. The van der Waals surface area contributed by atoms with E-state index < -0.39 is 0 Å². The topological polar surface area (TPSA) is 75.4 Å². The number of nitrogens with zero attached hydrogens (tertiary/aromatic N) is 1. The predicted octanol–water partition coefficient (Wildman–Crippen LogP) is 0.736. The normalized spacial score (nSPS) is 11.2. The van der Waals surface area contributed by atoms with E-state index in [-0.39, 0.29) is 30.1 Å². The van der Waals surface area contributed by atoms with Crippen molar-refractivity contribution in [3.63, 3.8) is 0 Å². The second-order valence-corrected chi connectivity index (χ2v) is 5.47. The van der Waals surface area contributed by atoms with E-state index in [0.29, 0.717) is 19.6 Å². The molecule has 0 aromatic heterocycles. The van der Waals surface area contributed by atoms with Crippen LogP contribution in [0.15, 0.2) is 0 Å². The van der Waals surface area contributed by atoms with Crippen molar-refractivity contribution in [2.75, 3.05) is 26.7 Å². The van der Waals surface area contributed by atoms with Crippen molar-refractivity contribution in [1.29, 1.82) is 0 Å². The van der Waals surface area contributed by atoms with Gasteiger partial charge < -0.3 is 16.0 Å². The molecule has 0 aromatic rings. The average molecular weight is 257 g/mol. The van der Waals surface area contributed by atoms with Crippen molar-refractivity contribution >= 4 is 11.8 Å². The van der Waals surface area contributed by atoms with Crippen LogP contribution in [0.5, 0.6) is 0 Å². The molecule has 0 heterocycles. The van der Waals surface area contributed by atoms with Gasteiger partial charge in [0.05, 0.1) is 0 Å². The lowest BCUT2D eigenvalue weighted by Crippen LogP contribution is -2.40. The molecule has 0 radical (unpaired) electrons. The fraction of sp³-hybridized carbons (Fsp3) is 0.846. The van der Waals surface area contributed by atoms with E-state index in [1.165, 1.54) is 0 Å². The average Bonchev–Trinajstić information content (AvgIpc) is 2.32. The van der Waals surface area contributed by atoms with Gasteiger partial charge in [-0.15, -0.1) is 0 Å². The van der Waals surface area contributed by atoms with Crippen LogP contribution in [0.1, 0.15) is 40.0 Å². The third-order valence-corrected chi connectivity index (χ3v) is 2.78. The largest absolute Gasteiger partial charge is 0.356 e. The molecule has 2 amide bonds. The highest BCUT2D eigenvalue weighted by molar-refractivity contribution is 5.83. The zero-order chi connectivity index (χ0) is 14.2. The lowest BCUT2D eigenvalue weighted by atomic mass is 9.93. The van der Waals surface area contributed by atoms with Crippen LogP contribution in [0.2, 0.25) is 0 Å². The highest BCUT2D eigenvalue weighted by atomic mass is 16.2. The molecule has 106 valence electrons. The maximum atomic E-state index is 11.8. The zero-order valence-electron chi connectivity index (χ0n) is 12.1. The molecule has 5 heteroatoms. The van der Waals surface area contributed by atoms with Gasteiger partial charge in [-0.05, 0) is 18.4 Å². The molecule has 0 saturated heterocycles. The Morgan fingerprint density at radius 1 is 1.28 bits per heavy atom. The molecule has 3 N–H and O–H groups in total. The Morgan fingerprint density at radius 2 is 1.89 bits per heavy atom. The maximum absolute atomic E-state index is 11.8. The van der Waals surface area contributed by atoms with E-state index in [9.17, 15) is 9.59 Å². The number of amides is 2. The van der Waals surface area contributed by atoms with E-state index in [2.05, 4.69) is 5.32 Å². The first kappa shape index (κ1) is 16.9. The van der Waals surface area contributed by atoms with Crippen LogP contribution in [-0.2, 0) is 9.59 Å². The lowest BCUT2D eigenvalue weighted by molar-refractivity contribution is -0.133. The van der Waals surface area contributed by atoms with Gasteiger partial charge in [-0.1, -0.05) is 20.8 Å². The van der Waals surface area contributed by atoms with E-state index in [4.69, 9.17) is 5.73 Å². The first-order valence-electron chi connectivity index (χ1n) is 6.53. The minimum absolute atomic E-state index is 0.0110. The second kappa shape index (κ2) is 8.08. The molecular formula is C13H27N3O2. The summed E-state index contributed by atoms with van der Waals surface area (Å²) in [5, 5.41) is 2.76. The summed E-state index contributed by atoms with van der Waals surface area (Å²) in [5.74, 6) is -0.0696. The molecule has 0 bridgehead atoms. The predicted molar refractivity (Wildman–Crippen MR) is 73.0 cm³/mol. The summed E-state index contributed by atoms with van der Waals surface area (Å²) in [4.78, 5) is 24.8. The molecular weight excluding hydrogens is 230 g/mol. The van der Waals surface area contributed by atoms with E-state index >= 15 is 0 Å². The van der Waals surface area contributed by atoms with Crippen molar-refractivity contribution in [1.82, 2.24) is 10.2 Å². The van der Waals surface area contributed by atoms with Gasteiger partial charge >= 0.3 is 0 Å². The van der Waals surface area contributed by atoms with Crippen LogP contribution in [0.25, 0.3) is 0 Å². The molecule has 5 nitrogen and oxygen atoms in total. The summed E-state index contributed by atoms with van der Waals surface area (Å²) < 4.78 is 0. The van der Waals surface area contributed by atoms with Gasteiger partial charge in [0.2, 0.25) is 11.8 Å². The van der Waals surface area contributed by atoms with Crippen LogP contribution in [0.4, 0.5) is 0 Å². The molecule has 18 heavy (non-hydrogen) atoms. The molecule has 0 aliphatic heterocycles. The number of carbonyl (C=O) groups excluding carboxylic acids is 2. The van der Waals surface area contributed by atoms with Crippen molar-refractivity contribution < 1.29 is 9.59 Å². The van der Waals surface area contributed by atoms with Gasteiger partial charge in [-0.3, -0.25) is 9.59 Å². The number of hydrogen-bond donors (Lipinski definition) is 2. The Morgan fingerprint density at radius 3 is 2.39 bits per heavy atom. The maximum Gasteiger partial charge on any atom is 0.222 e. The molecule has 0 atom stereocenters. The minimum atomic E-state index is -0.0884. The Hall–Kier alpha value is -1.10. The fourth-order valence-corrected chi connectivity index (χ4v) is 1.56. The Kier molecular flexibility index (Phi) is 7.59. The first-order chi connectivity index (χ1) is 8.32. The number of nitrogens with one attached hydrogen (secondary N) is 1. The minimum Gasteiger partial charge on any atom is -0.356 e. The number of nitrogens with two attached hydrogens (primary N) is 1. The van der Waals surface area contributed by atoms with Gasteiger partial charge in [0.25, 0.3) is 0 Å². The smallest absolute Gasteiger partial charge is 0.222 e. The van der Waals surface area contributed by atoms with Gasteiger partial charge in [0.1, 0.15) is 0 Å². The Labute approximate surface area is 110 Å². The zero-order valence-corrected chi connectivity index (χ0v) is 12.1. The summed E-state index contributed by atoms with van der Waals surface area (Å²) in [7, 11) is 1.75. The molecule has 0 rings (SSSR count). The van der Waals surface area contributed by atoms with Crippen LogP contribution < -0.4 is 11.1 Å². The van der Waals surface area contributed by atoms with Crippen LogP contribution in [-0.4, -0.2) is 43.4 Å². The summed E-state index contributed by atoms with van der Waals surface area (Å²) in [6.45, 7) is 7.84. The molecule has 0 spiro atoms. The van der Waals surface area contributed by atoms with E-state index in [1.807, 2.05) is 20.8 Å². The molecule has 0 aliphatic carbocycles. The quantitative estimate of drug-likeness (QED) is 0.673. The lowest BCUT2D eigenvalue weighted by Gasteiger charge is -2.29. The van der Waals surface area contributed by atoms with Crippen molar-refractivity contribution in [3.05, 3.63) is 0 Å². The third kappa shape index (κ3) is 7.27. The van der Waals surface area contributed by atoms with Gasteiger partial charge in [0.15, 0.2) is 0 Å². The van der Waals surface area contributed by atoms with E-state index in [0.717, 1.165) is 6.42 Å². The molecule has 0 aliphatic rings.